The molecule has 1 aliphatic rings. The Balaban J connectivity index is 2.36. The van der Waals surface area contributed by atoms with Crippen molar-refractivity contribution < 1.29 is 28.9 Å². The molecule has 1 N–H and O–H groups in total. The van der Waals surface area contributed by atoms with Gasteiger partial charge < -0.3 is 19.3 Å². The summed E-state index contributed by atoms with van der Waals surface area (Å²) in [6.07, 6.45) is 3.25. The minimum Gasteiger partial charge on any atom is -0.510 e. The van der Waals surface area contributed by atoms with Crippen molar-refractivity contribution >= 4 is 12.1 Å². The van der Waals surface area contributed by atoms with Gasteiger partial charge in [0.05, 0.1) is 25.8 Å². The number of ether oxygens (including phenoxy) is 3. The normalized spacial score (nSPS) is 16.1. The molecule has 0 saturated heterocycles. The molecule has 0 aromatic heterocycles. The third kappa shape index (κ3) is 5.86. The van der Waals surface area contributed by atoms with Gasteiger partial charge in [0.2, 0.25) is 0 Å². The molecule has 0 aliphatic carbocycles. The number of hydrogen-bond donors (Lipinski definition) is 1. The van der Waals surface area contributed by atoms with Crippen molar-refractivity contribution in [1.29, 1.82) is 0 Å². The van der Waals surface area contributed by atoms with Crippen LogP contribution in [0.15, 0.2) is 23.5 Å². The molecule has 1 heterocycles. The second kappa shape index (κ2) is 9.02. The molecule has 1 rings (SSSR count). The summed E-state index contributed by atoms with van der Waals surface area (Å²) in [5.41, 5.74) is 0.353. The Bertz CT molecular complexity index is 429. The zero-order chi connectivity index (χ0) is 15.7. The quantitative estimate of drug-likeness (QED) is 0.586. The van der Waals surface area contributed by atoms with Gasteiger partial charge >= 0.3 is 12.1 Å². The molecule has 1 aliphatic heterocycles. The predicted octanol–water partition coefficient (Wildman–Crippen LogP) is 1.41. The van der Waals surface area contributed by atoms with Gasteiger partial charge in [0, 0.05) is 13.1 Å². The highest BCUT2D eigenvalue weighted by Gasteiger charge is 2.23. The largest absolute Gasteiger partial charge is 0.510 e. The summed E-state index contributed by atoms with van der Waals surface area (Å²) < 4.78 is 13.9. The van der Waals surface area contributed by atoms with E-state index in [9.17, 15) is 14.7 Å². The minimum absolute atomic E-state index is 0.0545. The fourth-order valence-electron chi connectivity index (χ4n) is 1.86. The monoisotopic (exact) mass is 299 g/mol. The number of esters is 1. The van der Waals surface area contributed by atoms with Crippen molar-refractivity contribution in [2.75, 3.05) is 40.0 Å². The summed E-state index contributed by atoms with van der Waals surface area (Å²) in [6.45, 7) is 3.70. The SMILES string of the molecule is CCOC(=O)C1=C(O)CN(C/C=C/COC(=O)OC)CC1. The molecule has 118 valence electrons. The zero-order valence-corrected chi connectivity index (χ0v) is 12.3. The van der Waals surface area contributed by atoms with Crippen LogP contribution in [0.25, 0.3) is 0 Å². The van der Waals surface area contributed by atoms with E-state index in [1.807, 2.05) is 11.0 Å². The number of carbonyl (C=O) groups is 2. The lowest BCUT2D eigenvalue weighted by atomic mass is 10.1. The Kier molecular flexibility index (Phi) is 7.31. The van der Waals surface area contributed by atoms with E-state index in [4.69, 9.17) is 9.47 Å². The smallest absolute Gasteiger partial charge is 0.508 e. The lowest BCUT2D eigenvalue weighted by Gasteiger charge is -2.26. The standard InChI is InChI=1S/C14H21NO6/c1-3-20-13(17)11-6-8-15(10-12(11)16)7-4-5-9-21-14(18)19-2/h4-5,16H,3,6-10H2,1-2H3/b5-4+. The van der Waals surface area contributed by atoms with Gasteiger partial charge in [-0.1, -0.05) is 6.08 Å². The fraction of sp³-hybridized carbons (Fsp3) is 0.571. The molecule has 0 saturated carbocycles. The van der Waals surface area contributed by atoms with E-state index < -0.39 is 12.1 Å². The summed E-state index contributed by atoms with van der Waals surface area (Å²) in [4.78, 5) is 24.2. The Morgan fingerprint density at radius 3 is 2.71 bits per heavy atom. The molecule has 0 aromatic carbocycles. The van der Waals surface area contributed by atoms with Gasteiger partial charge in [-0.25, -0.2) is 9.59 Å². The van der Waals surface area contributed by atoms with E-state index in [-0.39, 0.29) is 12.4 Å². The van der Waals surface area contributed by atoms with Crippen LogP contribution in [0.1, 0.15) is 13.3 Å². The highest BCUT2D eigenvalue weighted by Crippen LogP contribution is 2.17. The van der Waals surface area contributed by atoms with E-state index in [0.717, 1.165) is 0 Å². The number of nitrogens with zero attached hydrogens (tertiary/aromatic N) is 1. The maximum Gasteiger partial charge on any atom is 0.508 e. The number of carbonyl (C=O) groups excluding carboxylic acids is 2. The van der Waals surface area contributed by atoms with Crippen LogP contribution < -0.4 is 0 Å². The molecular formula is C14H21NO6. The van der Waals surface area contributed by atoms with Crippen LogP contribution in [0.3, 0.4) is 0 Å². The van der Waals surface area contributed by atoms with Crippen LogP contribution in [0.5, 0.6) is 0 Å². The molecule has 0 unspecified atom stereocenters. The Morgan fingerprint density at radius 1 is 1.33 bits per heavy atom. The molecule has 0 spiro atoms. The van der Waals surface area contributed by atoms with Crippen LogP contribution in [-0.2, 0) is 19.0 Å². The summed E-state index contributed by atoms with van der Waals surface area (Å²) in [7, 11) is 1.25. The Hall–Kier alpha value is -2.02. The average Bonchev–Trinajstić information content (AvgIpc) is 2.46. The third-order valence-electron chi connectivity index (χ3n) is 2.92. The predicted molar refractivity (Wildman–Crippen MR) is 74.8 cm³/mol. The summed E-state index contributed by atoms with van der Waals surface area (Å²) in [6, 6.07) is 0. The van der Waals surface area contributed by atoms with Gasteiger partial charge in [-0.15, -0.1) is 0 Å². The van der Waals surface area contributed by atoms with E-state index in [0.29, 0.717) is 38.2 Å². The minimum atomic E-state index is -0.725. The second-order valence-corrected chi connectivity index (χ2v) is 4.37. The number of aliphatic hydroxyl groups excluding tert-OH is 1. The second-order valence-electron chi connectivity index (χ2n) is 4.37. The highest BCUT2D eigenvalue weighted by molar-refractivity contribution is 5.89. The van der Waals surface area contributed by atoms with E-state index in [1.165, 1.54) is 7.11 Å². The average molecular weight is 299 g/mol. The lowest BCUT2D eigenvalue weighted by molar-refractivity contribution is -0.139. The van der Waals surface area contributed by atoms with E-state index in [1.54, 1.807) is 13.0 Å². The Labute approximate surface area is 123 Å². The van der Waals surface area contributed by atoms with Crippen LogP contribution in [0.2, 0.25) is 0 Å². The van der Waals surface area contributed by atoms with E-state index >= 15 is 0 Å². The third-order valence-corrected chi connectivity index (χ3v) is 2.92. The van der Waals surface area contributed by atoms with Gasteiger partial charge in [0.1, 0.15) is 12.4 Å². The first-order valence-electron chi connectivity index (χ1n) is 6.74. The molecule has 0 amide bonds. The molecule has 21 heavy (non-hydrogen) atoms. The number of methoxy groups -OCH3 is 1. The topological polar surface area (TPSA) is 85.3 Å². The van der Waals surface area contributed by atoms with Crippen LogP contribution in [-0.4, -0.2) is 62.1 Å². The summed E-state index contributed by atoms with van der Waals surface area (Å²) in [5.74, 6) is -0.393. The molecule has 0 aromatic rings. The van der Waals surface area contributed by atoms with Crippen molar-refractivity contribution in [2.45, 2.75) is 13.3 Å². The van der Waals surface area contributed by atoms with Gasteiger partial charge in [0.25, 0.3) is 0 Å². The number of rotatable bonds is 6. The van der Waals surface area contributed by atoms with Gasteiger partial charge in [-0.05, 0) is 19.4 Å². The van der Waals surface area contributed by atoms with Crippen LogP contribution in [0, 0.1) is 0 Å². The molecule has 0 atom stereocenters. The molecule has 7 nitrogen and oxygen atoms in total. The fourth-order valence-corrected chi connectivity index (χ4v) is 1.86. The summed E-state index contributed by atoms with van der Waals surface area (Å²) >= 11 is 0. The number of aliphatic hydroxyl groups is 1. The molecule has 0 bridgehead atoms. The maximum absolute atomic E-state index is 11.6. The van der Waals surface area contributed by atoms with Crippen LogP contribution in [0.4, 0.5) is 4.79 Å². The first kappa shape index (κ1) is 17.0. The van der Waals surface area contributed by atoms with Gasteiger partial charge in [-0.2, -0.15) is 0 Å². The molecular weight excluding hydrogens is 278 g/mol. The van der Waals surface area contributed by atoms with Crippen molar-refractivity contribution in [3.8, 4) is 0 Å². The molecule has 0 radical (unpaired) electrons. The lowest BCUT2D eigenvalue weighted by Crippen LogP contribution is -2.34. The van der Waals surface area contributed by atoms with Crippen LogP contribution >= 0.6 is 0 Å². The van der Waals surface area contributed by atoms with Gasteiger partial charge in [-0.3, -0.25) is 4.90 Å². The maximum atomic E-state index is 11.6. The van der Waals surface area contributed by atoms with Crippen molar-refractivity contribution in [1.82, 2.24) is 4.90 Å². The van der Waals surface area contributed by atoms with Crippen molar-refractivity contribution in [3.05, 3.63) is 23.5 Å². The Morgan fingerprint density at radius 2 is 2.10 bits per heavy atom. The van der Waals surface area contributed by atoms with Crippen molar-refractivity contribution in [3.63, 3.8) is 0 Å². The first-order chi connectivity index (χ1) is 10.1. The van der Waals surface area contributed by atoms with Gasteiger partial charge in [0.15, 0.2) is 0 Å². The number of hydrogen-bond acceptors (Lipinski definition) is 7. The zero-order valence-electron chi connectivity index (χ0n) is 12.3. The van der Waals surface area contributed by atoms with E-state index in [2.05, 4.69) is 4.74 Å². The summed E-state index contributed by atoms with van der Waals surface area (Å²) in [5, 5.41) is 9.87. The molecule has 0 fully saturated rings. The van der Waals surface area contributed by atoms with Crippen molar-refractivity contribution in [2.24, 2.45) is 0 Å². The highest BCUT2D eigenvalue weighted by atomic mass is 16.7. The molecule has 7 heteroatoms. The first-order valence-corrected chi connectivity index (χ1v) is 6.74.